The normalized spacial score (nSPS) is 19.5. The fourth-order valence-electron chi connectivity index (χ4n) is 1.32. The summed E-state index contributed by atoms with van der Waals surface area (Å²) >= 11 is 5.54. The first-order valence-corrected chi connectivity index (χ1v) is 5.46. The molecule has 0 spiro atoms. The third kappa shape index (κ3) is 2.59. The van der Waals surface area contributed by atoms with E-state index in [2.05, 4.69) is 5.10 Å². The molecule has 1 aliphatic heterocycles. The van der Waals surface area contributed by atoms with E-state index in [-0.39, 0.29) is 24.1 Å². The van der Waals surface area contributed by atoms with Crippen LogP contribution in [0.4, 0.5) is 10.7 Å². The van der Waals surface area contributed by atoms with Crippen molar-refractivity contribution in [3.63, 3.8) is 0 Å². The van der Waals surface area contributed by atoms with E-state index in [1.807, 2.05) is 0 Å². The number of carbonyl (C=O) groups is 1. The minimum Gasteiger partial charge on any atom is -0.442 e. The zero-order valence-electron chi connectivity index (χ0n) is 8.98. The van der Waals surface area contributed by atoms with Gasteiger partial charge in [-0.25, -0.2) is 4.79 Å². The fourth-order valence-corrected chi connectivity index (χ4v) is 1.48. The summed E-state index contributed by atoms with van der Waals surface area (Å²) in [6.45, 7) is 0.238. The summed E-state index contributed by atoms with van der Waals surface area (Å²) in [7, 11) is 0. The summed E-state index contributed by atoms with van der Waals surface area (Å²) in [4.78, 5) is 21.0. The van der Waals surface area contributed by atoms with Gasteiger partial charge in [0.05, 0.1) is 24.7 Å². The van der Waals surface area contributed by atoms with Crippen LogP contribution in [-0.4, -0.2) is 40.8 Å². The Hall–Kier alpha value is -2.09. The highest BCUT2D eigenvalue weighted by Gasteiger charge is 2.30. The van der Waals surface area contributed by atoms with Gasteiger partial charge in [-0.1, -0.05) is 0 Å². The zero-order chi connectivity index (χ0) is 13.1. The zero-order valence-corrected chi connectivity index (χ0v) is 9.74. The molecule has 1 atom stereocenters. The third-order valence-corrected chi connectivity index (χ3v) is 2.49. The molecule has 1 aliphatic rings. The summed E-state index contributed by atoms with van der Waals surface area (Å²) in [5.74, 6) is -0.0350. The second kappa shape index (κ2) is 5.05. The van der Waals surface area contributed by atoms with Crippen molar-refractivity contribution >= 4 is 29.8 Å². The van der Waals surface area contributed by atoms with Gasteiger partial charge in [0.2, 0.25) is 0 Å². The number of nitrogens with zero attached hydrogens (tertiary/aromatic N) is 3. The number of nitro groups is 1. The maximum atomic E-state index is 11.3. The van der Waals surface area contributed by atoms with Crippen LogP contribution in [0.15, 0.2) is 21.7 Å². The molecule has 1 saturated heterocycles. The number of halogens is 1. The highest BCUT2D eigenvalue weighted by Crippen LogP contribution is 2.15. The van der Waals surface area contributed by atoms with Gasteiger partial charge in [0.1, 0.15) is 11.0 Å². The van der Waals surface area contributed by atoms with Crippen molar-refractivity contribution in [2.75, 3.05) is 12.4 Å². The molecular weight excluding hydrogens is 266 g/mol. The molecule has 1 aromatic heterocycles. The highest BCUT2D eigenvalue weighted by atomic mass is 35.5. The minimum absolute atomic E-state index is 0.170. The molecule has 0 radical (unpaired) electrons. The molecule has 18 heavy (non-hydrogen) atoms. The van der Waals surface area contributed by atoms with Gasteiger partial charge in [-0.05, 0) is 6.07 Å². The number of carbonyl (C=O) groups excluding carboxylic acids is 1. The summed E-state index contributed by atoms with van der Waals surface area (Å²) in [5.41, 5.74) is 0. The van der Waals surface area contributed by atoms with Gasteiger partial charge in [-0.3, -0.25) is 10.1 Å². The monoisotopic (exact) mass is 273 g/mol. The molecule has 8 nitrogen and oxygen atoms in total. The van der Waals surface area contributed by atoms with Crippen LogP contribution in [-0.2, 0) is 4.74 Å². The molecule has 0 aromatic carbocycles. The number of cyclic esters (lactones) is 1. The SMILES string of the molecule is O=C1O[C@@H](CCl)CN1/N=C\c1ccc([N+](=O)[O-])o1. The molecule has 0 saturated carbocycles. The molecule has 2 rings (SSSR count). The van der Waals surface area contributed by atoms with E-state index in [1.54, 1.807) is 0 Å². The summed E-state index contributed by atoms with van der Waals surface area (Å²) in [6.07, 6.45) is 0.186. The lowest BCUT2D eigenvalue weighted by Gasteiger charge is -2.02. The number of rotatable bonds is 4. The van der Waals surface area contributed by atoms with Crippen molar-refractivity contribution < 1.29 is 18.9 Å². The molecule has 1 aromatic rings. The van der Waals surface area contributed by atoms with Gasteiger partial charge in [-0.15, -0.1) is 11.6 Å². The van der Waals surface area contributed by atoms with Gasteiger partial charge < -0.3 is 9.15 Å². The maximum absolute atomic E-state index is 11.3. The molecule has 0 unspecified atom stereocenters. The van der Waals surface area contributed by atoms with Crippen LogP contribution in [0.3, 0.4) is 0 Å². The topological polar surface area (TPSA) is 98.2 Å². The van der Waals surface area contributed by atoms with Crippen molar-refractivity contribution in [3.8, 4) is 0 Å². The van der Waals surface area contributed by atoms with E-state index in [0.29, 0.717) is 0 Å². The quantitative estimate of drug-likeness (QED) is 0.359. The van der Waals surface area contributed by atoms with Crippen LogP contribution in [0, 0.1) is 10.1 Å². The van der Waals surface area contributed by atoms with Crippen molar-refractivity contribution in [3.05, 3.63) is 28.0 Å². The maximum Gasteiger partial charge on any atom is 0.433 e. The first kappa shape index (κ1) is 12.4. The lowest BCUT2D eigenvalue weighted by molar-refractivity contribution is -0.402. The van der Waals surface area contributed by atoms with Crippen LogP contribution in [0.1, 0.15) is 5.76 Å². The standard InChI is InChI=1S/C9H8ClN3O5/c10-3-7-5-12(9(14)18-7)11-4-6-1-2-8(17-6)13(15)16/h1-2,4,7H,3,5H2/b11-4-/t7-/m0/s1. The third-order valence-electron chi connectivity index (χ3n) is 2.14. The van der Waals surface area contributed by atoms with Gasteiger partial charge in [-0.2, -0.15) is 10.1 Å². The Balaban J connectivity index is 2.02. The Kier molecular flexibility index (Phi) is 3.47. The number of alkyl halides is 1. The second-order valence-corrected chi connectivity index (χ2v) is 3.73. The van der Waals surface area contributed by atoms with Crippen LogP contribution < -0.4 is 0 Å². The summed E-state index contributed by atoms with van der Waals surface area (Å²) in [6, 6.07) is 2.58. The predicted octanol–water partition coefficient (Wildman–Crippen LogP) is 1.58. The van der Waals surface area contributed by atoms with Gasteiger partial charge in [0.25, 0.3) is 0 Å². The fraction of sp³-hybridized carbons (Fsp3) is 0.333. The van der Waals surface area contributed by atoms with Gasteiger partial charge in [0, 0.05) is 0 Å². The Labute approximate surface area is 106 Å². The van der Waals surface area contributed by atoms with Crippen LogP contribution >= 0.6 is 11.6 Å². The first-order valence-electron chi connectivity index (χ1n) is 4.92. The number of ether oxygens (including phenoxy) is 1. The van der Waals surface area contributed by atoms with Crippen molar-refractivity contribution in [1.82, 2.24) is 5.01 Å². The van der Waals surface area contributed by atoms with Crippen LogP contribution in [0.2, 0.25) is 0 Å². The van der Waals surface area contributed by atoms with Gasteiger partial charge in [0.15, 0.2) is 5.76 Å². The summed E-state index contributed by atoms with van der Waals surface area (Å²) in [5, 5.41) is 15.3. The van der Waals surface area contributed by atoms with Gasteiger partial charge >= 0.3 is 12.0 Å². The smallest absolute Gasteiger partial charge is 0.433 e. The predicted molar refractivity (Wildman–Crippen MR) is 60.7 cm³/mol. The molecule has 0 bridgehead atoms. The molecule has 2 heterocycles. The lowest BCUT2D eigenvalue weighted by atomic mass is 10.4. The highest BCUT2D eigenvalue weighted by molar-refractivity contribution is 6.18. The van der Waals surface area contributed by atoms with Crippen molar-refractivity contribution in [2.45, 2.75) is 6.10 Å². The van der Waals surface area contributed by atoms with Crippen LogP contribution in [0.25, 0.3) is 0 Å². The van der Waals surface area contributed by atoms with E-state index in [4.69, 9.17) is 20.8 Å². The number of furan rings is 1. The van der Waals surface area contributed by atoms with E-state index in [0.717, 1.165) is 5.01 Å². The molecule has 96 valence electrons. The van der Waals surface area contributed by atoms with Crippen LogP contribution in [0.5, 0.6) is 0 Å². The largest absolute Gasteiger partial charge is 0.442 e. The Morgan fingerprint density at radius 1 is 1.67 bits per heavy atom. The van der Waals surface area contributed by atoms with Crippen molar-refractivity contribution in [1.29, 1.82) is 0 Å². The second-order valence-electron chi connectivity index (χ2n) is 3.42. The van der Waals surface area contributed by atoms with E-state index < -0.39 is 17.1 Å². The number of hydrogen-bond acceptors (Lipinski definition) is 6. The average molecular weight is 274 g/mol. The lowest BCUT2D eigenvalue weighted by Crippen LogP contribution is -2.19. The first-order chi connectivity index (χ1) is 8.60. The molecule has 0 N–H and O–H groups in total. The average Bonchev–Trinajstić information content (AvgIpc) is 2.93. The molecule has 1 fully saturated rings. The molecule has 0 aliphatic carbocycles. The van der Waals surface area contributed by atoms with E-state index >= 15 is 0 Å². The summed E-state index contributed by atoms with van der Waals surface area (Å²) < 4.78 is 9.70. The van der Waals surface area contributed by atoms with Crippen molar-refractivity contribution in [2.24, 2.45) is 5.10 Å². The van der Waals surface area contributed by atoms with E-state index in [9.17, 15) is 14.9 Å². The Morgan fingerprint density at radius 3 is 3.00 bits per heavy atom. The molecule has 1 amide bonds. The molecular formula is C9H8ClN3O5. The number of hydrazone groups is 1. The molecule has 9 heteroatoms. The Morgan fingerprint density at radius 2 is 2.44 bits per heavy atom. The van der Waals surface area contributed by atoms with E-state index in [1.165, 1.54) is 18.3 Å². The minimum atomic E-state index is -0.662. The Bertz CT molecular complexity index is 500. The number of amides is 1. The number of hydrogen-bond donors (Lipinski definition) is 0.